The van der Waals surface area contributed by atoms with Crippen LogP contribution in [0.3, 0.4) is 0 Å². The molecule has 1 amide bonds. The number of Topliss-reactive ketones (excluding diaryl/α,β-unsaturated/α-hetero) is 1. The number of carbonyl (C=O) groups is 2. The summed E-state index contributed by atoms with van der Waals surface area (Å²) < 4.78 is 5.79. The molecule has 2 aromatic carbocycles. The molecular formula is C26H22N4O3S. The van der Waals surface area contributed by atoms with E-state index in [4.69, 9.17) is 4.42 Å². The molecule has 2 N–H and O–H groups in total. The van der Waals surface area contributed by atoms with E-state index in [2.05, 4.69) is 15.3 Å². The Kier molecular flexibility index (Phi) is 5.22. The van der Waals surface area contributed by atoms with E-state index in [0.29, 0.717) is 22.9 Å². The van der Waals surface area contributed by atoms with Gasteiger partial charge in [-0.3, -0.25) is 14.5 Å². The number of imidazole rings is 1. The average molecular weight is 471 g/mol. The van der Waals surface area contributed by atoms with Crippen LogP contribution in [0, 0.1) is 0 Å². The molecule has 1 atom stereocenters. The van der Waals surface area contributed by atoms with Crippen LogP contribution in [0.4, 0.5) is 11.4 Å². The molecule has 4 aromatic rings. The summed E-state index contributed by atoms with van der Waals surface area (Å²) in [6.45, 7) is 0. The Balaban J connectivity index is 1.41. The fourth-order valence-corrected chi connectivity index (χ4v) is 5.47. The number of hydrogen-bond acceptors (Lipinski definition) is 6. The van der Waals surface area contributed by atoms with Crippen molar-refractivity contribution in [3.63, 3.8) is 0 Å². The van der Waals surface area contributed by atoms with Crippen molar-refractivity contribution in [2.45, 2.75) is 30.5 Å². The number of aromatic amines is 1. The molecule has 1 aliphatic carbocycles. The number of carbonyl (C=O) groups excluding carboxylic acids is 2. The molecule has 0 saturated carbocycles. The Morgan fingerprint density at radius 1 is 1.09 bits per heavy atom. The first-order valence-electron chi connectivity index (χ1n) is 11.2. The summed E-state index contributed by atoms with van der Waals surface area (Å²) in [5.41, 5.74) is 4.79. The molecule has 7 nitrogen and oxygen atoms in total. The van der Waals surface area contributed by atoms with Crippen molar-refractivity contribution in [3.05, 3.63) is 84.0 Å². The molecule has 0 spiro atoms. The summed E-state index contributed by atoms with van der Waals surface area (Å²) in [4.78, 5) is 36.6. The van der Waals surface area contributed by atoms with E-state index in [-0.39, 0.29) is 17.4 Å². The number of allylic oxidation sites excluding steroid dienone is 1. The smallest absolute Gasteiger partial charge is 0.238 e. The lowest BCUT2D eigenvalue weighted by Gasteiger charge is -2.32. The lowest BCUT2D eigenvalue weighted by molar-refractivity contribution is -0.117. The minimum atomic E-state index is -0.627. The molecular weight excluding hydrogens is 448 g/mol. The van der Waals surface area contributed by atoms with Crippen molar-refractivity contribution in [2.24, 2.45) is 0 Å². The number of nitrogens with one attached hydrogen (secondary N) is 2. The van der Waals surface area contributed by atoms with Crippen molar-refractivity contribution in [3.8, 4) is 0 Å². The second kappa shape index (κ2) is 8.53. The van der Waals surface area contributed by atoms with E-state index < -0.39 is 6.04 Å². The molecule has 6 rings (SSSR count). The summed E-state index contributed by atoms with van der Waals surface area (Å²) >= 11 is 1.35. The fourth-order valence-electron chi connectivity index (χ4n) is 4.72. The first-order chi connectivity index (χ1) is 16.7. The zero-order valence-electron chi connectivity index (χ0n) is 18.3. The molecule has 0 unspecified atom stereocenters. The number of ketones is 1. The van der Waals surface area contributed by atoms with E-state index in [1.54, 1.807) is 17.2 Å². The third kappa shape index (κ3) is 3.60. The third-order valence-electron chi connectivity index (χ3n) is 6.22. The highest BCUT2D eigenvalue weighted by Gasteiger charge is 2.40. The van der Waals surface area contributed by atoms with Gasteiger partial charge in [-0.2, -0.15) is 0 Å². The Labute approximate surface area is 200 Å². The summed E-state index contributed by atoms with van der Waals surface area (Å²) in [5, 5.41) is 4.14. The molecule has 2 aliphatic rings. The maximum Gasteiger partial charge on any atom is 0.238 e. The number of para-hydroxylation sites is 4. The van der Waals surface area contributed by atoms with Crippen LogP contribution in [0.1, 0.15) is 31.1 Å². The van der Waals surface area contributed by atoms with Crippen LogP contribution in [0.25, 0.3) is 11.0 Å². The SMILES string of the molecule is O=C1CCCC2=C1[C@@H](c1ccco1)N(C(=O)CSc1nc3ccccc3[nH]1)c1ccccc1N2. The first-order valence-corrected chi connectivity index (χ1v) is 12.2. The number of aromatic nitrogens is 2. The number of amides is 1. The van der Waals surface area contributed by atoms with Gasteiger partial charge in [0.05, 0.1) is 34.4 Å². The predicted molar refractivity (Wildman–Crippen MR) is 132 cm³/mol. The van der Waals surface area contributed by atoms with Crippen molar-refractivity contribution in [2.75, 3.05) is 16.0 Å². The molecule has 34 heavy (non-hydrogen) atoms. The molecule has 2 aromatic heterocycles. The zero-order valence-corrected chi connectivity index (χ0v) is 19.1. The van der Waals surface area contributed by atoms with E-state index in [1.165, 1.54) is 11.8 Å². The van der Waals surface area contributed by atoms with Gasteiger partial charge in [-0.05, 0) is 49.2 Å². The monoisotopic (exact) mass is 470 g/mol. The molecule has 3 heterocycles. The summed E-state index contributed by atoms with van der Waals surface area (Å²) in [6, 6.07) is 18.4. The lowest BCUT2D eigenvalue weighted by atomic mass is 9.88. The van der Waals surface area contributed by atoms with E-state index >= 15 is 0 Å². The number of nitrogens with zero attached hydrogens (tertiary/aromatic N) is 2. The quantitative estimate of drug-likeness (QED) is 0.385. The molecule has 0 saturated heterocycles. The highest BCUT2D eigenvalue weighted by atomic mass is 32.2. The molecule has 8 heteroatoms. The largest absolute Gasteiger partial charge is 0.467 e. The van der Waals surface area contributed by atoms with Gasteiger partial charge in [0.1, 0.15) is 11.8 Å². The van der Waals surface area contributed by atoms with Crippen LogP contribution >= 0.6 is 11.8 Å². The molecule has 1 aliphatic heterocycles. The van der Waals surface area contributed by atoms with Gasteiger partial charge >= 0.3 is 0 Å². The Morgan fingerprint density at radius 2 is 1.94 bits per heavy atom. The van der Waals surface area contributed by atoms with Gasteiger partial charge in [-0.1, -0.05) is 36.0 Å². The lowest BCUT2D eigenvalue weighted by Crippen LogP contribution is -2.38. The summed E-state index contributed by atoms with van der Waals surface area (Å²) in [5.74, 6) is 0.643. The summed E-state index contributed by atoms with van der Waals surface area (Å²) in [6.07, 6.45) is 3.58. The van der Waals surface area contributed by atoms with E-state index in [9.17, 15) is 9.59 Å². The first kappa shape index (κ1) is 20.8. The Hall–Kier alpha value is -3.78. The Bertz CT molecular complexity index is 1390. The number of rotatable bonds is 4. The highest BCUT2D eigenvalue weighted by molar-refractivity contribution is 7.99. The second-order valence-corrected chi connectivity index (χ2v) is 9.30. The minimum absolute atomic E-state index is 0.0469. The van der Waals surface area contributed by atoms with Crippen molar-refractivity contribution in [1.29, 1.82) is 0 Å². The van der Waals surface area contributed by atoms with Crippen LogP contribution < -0.4 is 10.2 Å². The van der Waals surface area contributed by atoms with Gasteiger partial charge in [-0.15, -0.1) is 0 Å². The van der Waals surface area contributed by atoms with Gasteiger partial charge < -0.3 is 14.7 Å². The number of hydrogen-bond donors (Lipinski definition) is 2. The maximum absolute atomic E-state index is 13.8. The summed E-state index contributed by atoms with van der Waals surface area (Å²) in [7, 11) is 0. The van der Waals surface area contributed by atoms with E-state index in [1.807, 2.05) is 54.6 Å². The molecule has 0 bridgehead atoms. The standard InChI is InChI=1S/C26H22N4O3S/c31-21-12-5-10-19-24(21)25(22-13-6-14-33-22)30(20-11-4-3-9-18(20)27-19)23(32)15-34-26-28-16-7-1-2-8-17(16)29-26/h1-4,6-9,11,13-14,25,27H,5,10,12,15H2,(H,28,29)/t25-/m1/s1. The van der Waals surface area contributed by atoms with Crippen LogP contribution in [-0.4, -0.2) is 27.4 Å². The highest BCUT2D eigenvalue weighted by Crippen LogP contribution is 2.45. The predicted octanol–water partition coefficient (Wildman–Crippen LogP) is 5.46. The molecule has 0 radical (unpaired) electrons. The van der Waals surface area contributed by atoms with Gasteiger partial charge in [0.15, 0.2) is 10.9 Å². The zero-order chi connectivity index (χ0) is 23.1. The van der Waals surface area contributed by atoms with Crippen LogP contribution in [-0.2, 0) is 9.59 Å². The topological polar surface area (TPSA) is 91.2 Å². The number of H-pyrrole nitrogens is 1. The normalized spacial score (nSPS) is 17.8. The van der Waals surface area contributed by atoms with Crippen molar-refractivity contribution in [1.82, 2.24) is 9.97 Å². The van der Waals surface area contributed by atoms with E-state index in [0.717, 1.165) is 40.9 Å². The number of benzene rings is 2. The molecule has 0 fully saturated rings. The van der Waals surface area contributed by atoms with Crippen molar-refractivity contribution >= 4 is 45.9 Å². The maximum atomic E-state index is 13.8. The fraction of sp³-hybridized carbons (Fsp3) is 0.192. The average Bonchev–Trinajstić information content (AvgIpc) is 3.49. The number of anilines is 2. The van der Waals surface area contributed by atoms with Gasteiger partial charge in [0, 0.05) is 17.7 Å². The van der Waals surface area contributed by atoms with Gasteiger partial charge in [0.2, 0.25) is 5.91 Å². The minimum Gasteiger partial charge on any atom is -0.467 e. The van der Waals surface area contributed by atoms with Crippen LogP contribution in [0.2, 0.25) is 0 Å². The number of fused-ring (bicyclic) bond motifs is 2. The second-order valence-electron chi connectivity index (χ2n) is 8.34. The number of furan rings is 1. The van der Waals surface area contributed by atoms with Crippen LogP contribution in [0.15, 0.2) is 87.8 Å². The number of thioether (sulfide) groups is 1. The van der Waals surface area contributed by atoms with Crippen LogP contribution in [0.5, 0.6) is 0 Å². The third-order valence-corrected chi connectivity index (χ3v) is 7.08. The van der Waals surface area contributed by atoms with Gasteiger partial charge in [0.25, 0.3) is 0 Å². The Morgan fingerprint density at radius 3 is 2.79 bits per heavy atom. The molecule has 170 valence electrons. The van der Waals surface area contributed by atoms with Crippen molar-refractivity contribution < 1.29 is 14.0 Å². The van der Waals surface area contributed by atoms with Gasteiger partial charge in [-0.25, -0.2) is 4.98 Å².